The summed E-state index contributed by atoms with van der Waals surface area (Å²) in [5, 5.41) is 6.45. The van der Waals surface area contributed by atoms with Gasteiger partial charge in [0.15, 0.2) is 0 Å². The largest absolute Gasteiger partial charge is 0.495 e. The maximum Gasteiger partial charge on any atom is 0.240 e. The van der Waals surface area contributed by atoms with Crippen molar-refractivity contribution < 1.29 is 18.7 Å². The summed E-state index contributed by atoms with van der Waals surface area (Å²) in [7, 11) is 1.51. The summed E-state index contributed by atoms with van der Waals surface area (Å²) in [4.78, 5) is 23.6. The molecule has 6 nitrogen and oxygen atoms in total. The Balaban J connectivity index is 1.75. The molecule has 2 rings (SSSR count). The lowest BCUT2D eigenvalue weighted by atomic mass is 10.2. The van der Waals surface area contributed by atoms with Crippen LogP contribution >= 0.6 is 0 Å². The molecule has 0 aliphatic heterocycles. The van der Waals surface area contributed by atoms with Gasteiger partial charge in [0.05, 0.1) is 19.0 Å². The number of halogens is 1. The zero-order valence-corrected chi connectivity index (χ0v) is 13.7. The third-order valence-electron chi connectivity index (χ3n) is 3.23. The number of hydrogen-bond donors (Lipinski definition) is 2. The van der Waals surface area contributed by atoms with E-state index in [1.807, 2.05) is 0 Å². The van der Waals surface area contributed by atoms with Crippen molar-refractivity contribution >= 4 is 23.7 Å². The number of methoxy groups -OCH3 is 1. The summed E-state index contributed by atoms with van der Waals surface area (Å²) in [6.07, 6.45) is 1.39. The zero-order valence-electron chi connectivity index (χ0n) is 13.7. The number of benzene rings is 2. The van der Waals surface area contributed by atoms with Crippen LogP contribution in [0.4, 0.5) is 10.1 Å². The Morgan fingerprint density at radius 3 is 2.48 bits per heavy atom. The maximum atomic E-state index is 12.8. The molecule has 0 atom stereocenters. The first-order valence-corrected chi connectivity index (χ1v) is 7.59. The maximum absolute atomic E-state index is 12.8. The number of hydrogen-bond acceptors (Lipinski definition) is 4. The third kappa shape index (κ3) is 6.06. The van der Waals surface area contributed by atoms with E-state index >= 15 is 0 Å². The Hall–Kier alpha value is -3.22. The first-order valence-electron chi connectivity index (χ1n) is 7.59. The van der Waals surface area contributed by atoms with Crippen LogP contribution < -0.4 is 15.5 Å². The first kappa shape index (κ1) is 18.1. The molecular formula is C18H18FN3O3. The number of carbonyl (C=O) groups excluding carboxylic acids is 2. The Bertz CT molecular complexity index is 760. The average Bonchev–Trinajstić information content (AvgIpc) is 2.62. The van der Waals surface area contributed by atoms with Crippen LogP contribution in [0.15, 0.2) is 53.6 Å². The number of nitrogens with zero attached hydrogens (tertiary/aromatic N) is 1. The van der Waals surface area contributed by atoms with E-state index < -0.39 is 5.91 Å². The quantitative estimate of drug-likeness (QED) is 0.599. The van der Waals surface area contributed by atoms with Gasteiger partial charge in [-0.05, 0) is 29.8 Å². The molecule has 7 heteroatoms. The molecule has 2 aromatic carbocycles. The number of ether oxygens (including phenoxy) is 1. The fraction of sp³-hybridized carbons (Fsp3) is 0.167. The van der Waals surface area contributed by atoms with Crippen molar-refractivity contribution in [2.24, 2.45) is 5.10 Å². The van der Waals surface area contributed by atoms with Crippen molar-refractivity contribution in [3.8, 4) is 5.75 Å². The summed E-state index contributed by atoms with van der Waals surface area (Å²) < 4.78 is 17.9. The fourth-order valence-corrected chi connectivity index (χ4v) is 1.97. The van der Waals surface area contributed by atoms with Crippen molar-refractivity contribution in [3.63, 3.8) is 0 Å². The van der Waals surface area contributed by atoms with Crippen LogP contribution in [0.5, 0.6) is 5.75 Å². The van der Waals surface area contributed by atoms with Crippen LogP contribution in [0.1, 0.15) is 18.4 Å². The van der Waals surface area contributed by atoms with Crippen LogP contribution in [0.25, 0.3) is 0 Å². The van der Waals surface area contributed by atoms with E-state index in [2.05, 4.69) is 15.8 Å². The smallest absolute Gasteiger partial charge is 0.240 e. The van der Waals surface area contributed by atoms with Gasteiger partial charge in [0, 0.05) is 12.8 Å². The standard InChI is InChI=1S/C18H18FN3O3/c1-25-16-5-3-2-4-15(16)21-17(23)10-11-18(24)22-20-12-13-6-8-14(19)9-7-13/h2-9,12H,10-11H2,1H3,(H,21,23)(H,22,24)/b20-12+. The molecule has 0 saturated carbocycles. The summed E-state index contributed by atoms with van der Waals surface area (Å²) in [6.45, 7) is 0. The summed E-state index contributed by atoms with van der Waals surface area (Å²) >= 11 is 0. The molecule has 0 saturated heterocycles. The van der Waals surface area contributed by atoms with Crippen molar-refractivity contribution in [1.82, 2.24) is 5.43 Å². The van der Waals surface area contributed by atoms with Crippen molar-refractivity contribution in [1.29, 1.82) is 0 Å². The highest BCUT2D eigenvalue weighted by molar-refractivity contribution is 5.94. The lowest BCUT2D eigenvalue weighted by Gasteiger charge is -2.09. The molecule has 0 fully saturated rings. The van der Waals surface area contributed by atoms with Gasteiger partial charge in [-0.2, -0.15) is 5.10 Å². The number of nitrogens with one attached hydrogen (secondary N) is 2. The number of amides is 2. The van der Waals surface area contributed by atoms with Crippen molar-refractivity contribution in [3.05, 3.63) is 59.9 Å². The van der Waals surface area contributed by atoms with Crippen LogP contribution in [-0.4, -0.2) is 25.1 Å². The monoisotopic (exact) mass is 343 g/mol. The zero-order chi connectivity index (χ0) is 18.1. The van der Waals surface area contributed by atoms with Gasteiger partial charge in [-0.15, -0.1) is 0 Å². The van der Waals surface area contributed by atoms with Crippen LogP contribution in [0, 0.1) is 5.82 Å². The molecule has 0 bridgehead atoms. The molecule has 0 aromatic heterocycles. The minimum Gasteiger partial charge on any atom is -0.495 e. The fourth-order valence-electron chi connectivity index (χ4n) is 1.97. The van der Waals surface area contributed by atoms with E-state index in [1.165, 1.54) is 37.6 Å². The molecule has 0 heterocycles. The Morgan fingerprint density at radius 2 is 1.76 bits per heavy atom. The third-order valence-corrected chi connectivity index (χ3v) is 3.23. The van der Waals surface area contributed by atoms with Crippen LogP contribution in [0.2, 0.25) is 0 Å². The summed E-state index contributed by atoms with van der Waals surface area (Å²) in [5.74, 6) is -0.498. The van der Waals surface area contributed by atoms with Gasteiger partial charge in [0.2, 0.25) is 11.8 Å². The highest BCUT2D eigenvalue weighted by Crippen LogP contribution is 2.23. The highest BCUT2D eigenvalue weighted by Gasteiger charge is 2.09. The number of anilines is 1. The molecule has 0 aliphatic carbocycles. The molecule has 130 valence electrons. The molecule has 2 aromatic rings. The second-order valence-electron chi connectivity index (χ2n) is 5.09. The van der Waals surface area contributed by atoms with Gasteiger partial charge in [-0.1, -0.05) is 24.3 Å². The van der Waals surface area contributed by atoms with Gasteiger partial charge >= 0.3 is 0 Å². The van der Waals surface area contributed by atoms with Crippen LogP contribution in [-0.2, 0) is 9.59 Å². The molecular weight excluding hydrogens is 325 g/mol. The SMILES string of the molecule is COc1ccccc1NC(=O)CCC(=O)N/N=C/c1ccc(F)cc1. The van der Waals surface area contributed by atoms with E-state index in [4.69, 9.17) is 4.74 Å². The number of rotatable bonds is 7. The van der Waals surface area contributed by atoms with Gasteiger partial charge in [-0.25, -0.2) is 9.82 Å². The predicted molar refractivity (Wildman–Crippen MR) is 93.0 cm³/mol. The summed E-state index contributed by atoms with van der Waals surface area (Å²) in [6, 6.07) is 12.7. The van der Waals surface area contributed by atoms with Gasteiger partial charge in [0.1, 0.15) is 11.6 Å². The Morgan fingerprint density at radius 1 is 1.08 bits per heavy atom. The Labute approximate surface area is 144 Å². The van der Waals surface area contributed by atoms with E-state index in [0.717, 1.165) is 0 Å². The molecule has 2 N–H and O–H groups in total. The van der Waals surface area contributed by atoms with E-state index in [-0.39, 0.29) is 24.6 Å². The number of carbonyl (C=O) groups is 2. The summed E-state index contributed by atoms with van der Waals surface area (Å²) in [5.41, 5.74) is 3.51. The first-order chi connectivity index (χ1) is 12.1. The normalized spacial score (nSPS) is 10.5. The lowest BCUT2D eigenvalue weighted by Crippen LogP contribution is -2.20. The van der Waals surface area contributed by atoms with E-state index in [9.17, 15) is 14.0 Å². The van der Waals surface area contributed by atoms with Gasteiger partial charge < -0.3 is 10.1 Å². The number of hydrazone groups is 1. The average molecular weight is 343 g/mol. The van der Waals surface area contributed by atoms with Crippen molar-refractivity contribution in [2.45, 2.75) is 12.8 Å². The highest BCUT2D eigenvalue weighted by atomic mass is 19.1. The minimum atomic E-state index is -0.395. The van der Waals surface area contributed by atoms with Gasteiger partial charge in [-0.3, -0.25) is 9.59 Å². The van der Waals surface area contributed by atoms with E-state index in [1.54, 1.807) is 24.3 Å². The molecule has 0 unspecified atom stereocenters. The number of para-hydroxylation sites is 2. The molecule has 0 aliphatic rings. The van der Waals surface area contributed by atoms with Crippen LogP contribution in [0.3, 0.4) is 0 Å². The van der Waals surface area contributed by atoms with Gasteiger partial charge in [0.25, 0.3) is 0 Å². The Kier molecular flexibility index (Phi) is 6.65. The second kappa shape index (κ2) is 9.17. The van der Waals surface area contributed by atoms with E-state index in [0.29, 0.717) is 17.0 Å². The molecule has 25 heavy (non-hydrogen) atoms. The van der Waals surface area contributed by atoms with Crippen molar-refractivity contribution in [2.75, 3.05) is 12.4 Å². The molecule has 0 radical (unpaired) electrons. The minimum absolute atomic E-state index is 0.00987. The molecule has 2 amide bonds. The predicted octanol–water partition coefficient (Wildman–Crippen LogP) is 2.70. The topological polar surface area (TPSA) is 79.8 Å². The molecule has 0 spiro atoms. The second-order valence-corrected chi connectivity index (χ2v) is 5.09. The lowest BCUT2D eigenvalue weighted by molar-refractivity contribution is -0.124.